The van der Waals surface area contributed by atoms with Crippen molar-refractivity contribution >= 4 is 17.9 Å². The molecule has 0 aromatic heterocycles. The molecule has 0 amide bonds. The second kappa shape index (κ2) is 55.9. The third-order valence-corrected chi connectivity index (χ3v) is 11.8. The topological polar surface area (TPSA) is 78.9 Å². The maximum atomic E-state index is 12.8. The molecule has 1 atom stereocenters. The number of carbonyl (C=O) groups is 3. The summed E-state index contributed by atoms with van der Waals surface area (Å²) in [5, 5.41) is 0. The molecule has 0 spiro atoms. The highest BCUT2D eigenvalue weighted by molar-refractivity contribution is 5.71. The van der Waals surface area contributed by atoms with E-state index in [1.165, 1.54) is 89.9 Å². The Morgan fingerprint density at radius 1 is 0.309 bits per heavy atom. The fraction of sp³-hybridized carbons (Fsp3) is 0.694. The largest absolute Gasteiger partial charge is 0.462 e. The summed E-state index contributed by atoms with van der Waals surface area (Å²) < 4.78 is 16.8. The number of hydrogen-bond donors (Lipinski definition) is 0. The normalized spacial score (nSPS) is 12.8. The summed E-state index contributed by atoms with van der Waals surface area (Å²) in [7, 11) is 0. The zero-order chi connectivity index (χ0) is 49.3. The van der Waals surface area contributed by atoms with Gasteiger partial charge in [0.15, 0.2) is 6.10 Å². The molecule has 0 aromatic rings. The van der Waals surface area contributed by atoms with E-state index >= 15 is 0 Å². The Labute approximate surface area is 419 Å². The molecular weight excluding hydrogens is 841 g/mol. The van der Waals surface area contributed by atoms with E-state index in [1.807, 2.05) is 0 Å². The van der Waals surface area contributed by atoms with Crippen LogP contribution in [0, 0.1) is 0 Å². The van der Waals surface area contributed by atoms with Crippen LogP contribution in [0.2, 0.25) is 0 Å². The first-order valence-corrected chi connectivity index (χ1v) is 28.2. The predicted molar refractivity (Wildman–Crippen MR) is 293 cm³/mol. The van der Waals surface area contributed by atoms with Gasteiger partial charge in [0.1, 0.15) is 13.2 Å². The average molecular weight is 946 g/mol. The van der Waals surface area contributed by atoms with Crippen LogP contribution in [0.1, 0.15) is 258 Å². The lowest BCUT2D eigenvalue weighted by molar-refractivity contribution is -0.167. The van der Waals surface area contributed by atoms with Crippen molar-refractivity contribution in [3.8, 4) is 0 Å². The third kappa shape index (κ3) is 53.3. The molecule has 6 nitrogen and oxygen atoms in total. The van der Waals surface area contributed by atoms with Crippen LogP contribution < -0.4 is 0 Å². The van der Waals surface area contributed by atoms with Crippen molar-refractivity contribution in [2.24, 2.45) is 0 Å². The van der Waals surface area contributed by atoms with Crippen molar-refractivity contribution in [3.05, 3.63) is 97.2 Å². The highest BCUT2D eigenvalue weighted by Crippen LogP contribution is 2.14. The maximum Gasteiger partial charge on any atom is 0.306 e. The smallest absolute Gasteiger partial charge is 0.306 e. The minimum Gasteiger partial charge on any atom is -0.462 e. The van der Waals surface area contributed by atoms with Crippen molar-refractivity contribution in [3.63, 3.8) is 0 Å². The van der Waals surface area contributed by atoms with Gasteiger partial charge in [-0.15, -0.1) is 0 Å². The van der Waals surface area contributed by atoms with Crippen LogP contribution in [-0.2, 0) is 28.6 Å². The molecule has 0 rings (SSSR count). The molecule has 1 unspecified atom stereocenters. The molecule has 68 heavy (non-hydrogen) atoms. The standard InChI is InChI=1S/C62H104O6/c1-4-7-10-13-16-19-22-25-27-29-30-31-32-33-35-37-40-43-46-49-52-55-61(64)67-58-59(57-66-60(63)54-51-48-45-42-39-36-24-21-18-15-12-9-6-3)68-62(65)56-53-50-47-44-41-38-34-28-26-23-20-17-14-11-8-5-2/h7,9-10,12,16,18-19,21,25,27-28,30-31,34,36,39,59H,4-6,8,11,13-15,17,20,22-24,26,29,32-33,35,37-38,40-58H2,1-3H3/b10-7-,12-9-,19-16-,21-18-,27-25-,31-30-,34-28-,39-36-. The third-order valence-electron chi connectivity index (χ3n) is 11.8. The predicted octanol–water partition coefficient (Wildman–Crippen LogP) is 18.9. The van der Waals surface area contributed by atoms with Gasteiger partial charge in [-0.2, -0.15) is 0 Å². The molecular formula is C62H104O6. The van der Waals surface area contributed by atoms with Gasteiger partial charge in [0, 0.05) is 19.3 Å². The Bertz CT molecular complexity index is 1360. The second-order valence-corrected chi connectivity index (χ2v) is 18.4. The molecule has 6 heteroatoms. The van der Waals surface area contributed by atoms with Gasteiger partial charge >= 0.3 is 17.9 Å². The molecule has 388 valence electrons. The van der Waals surface area contributed by atoms with Crippen LogP contribution in [0.25, 0.3) is 0 Å². The number of unbranched alkanes of at least 4 members (excludes halogenated alkanes) is 23. The first-order chi connectivity index (χ1) is 33.5. The highest BCUT2D eigenvalue weighted by atomic mass is 16.6. The molecule has 0 aliphatic carbocycles. The van der Waals surface area contributed by atoms with Crippen LogP contribution in [-0.4, -0.2) is 37.2 Å². The first-order valence-electron chi connectivity index (χ1n) is 28.2. The van der Waals surface area contributed by atoms with Crippen LogP contribution in [0.5, 0.6) is 0 Å². The van der Waals surface area contributed by atoms with Gasteiger partial charge in [-0.3, -0.25) is 14.4 Å². The lowest BCUT2D eigenvalue weighted by Crippen LogP contribution is -2.30. The van der Waals surface area contributed by atoms with Crippen molar-refractivity contribution in [1.82, 2.24) is 0 Å². The van der Waals surface area contributed by atoms with Crippen molar-refractivity contribution in [2.45, 2.75) is 264 Å². The van der Waals surface area contributed by atoms with E-state index in [9.17, 15) is 14.4 Å². The summed E-state index contributed by atoms with van der Waals surface area (Å²) >= 11 is 0. The minimum absolute atomic E-state index is 0.0950. The molecule has 0 bridgehead atoms. The summed E-state index contributed by atoms with van der Waals surface area (Å²) in [4.78, 5) is 38.1. The molecule has 0 N–H and O–H groups in total. The zero-order valence-corrected chi connectivity index (χ0v) is 44.3. The minimum atomic E-state index is -0.798. The van der Waals surface area contributed by atoms with Crippen molar-refractivity contribution in [2.75, 3.05) is 13.2 Å². The van der Waals surface area contributed by atoms with E-state index in [4.69, 9.17) is 14.2 Å². The van der Waals surface area contributed by atoms with E-state index in [1.54, 1.807) is 0 Å². The molecule has 0 aliphatic rings. The molecule has 0 aromatic carbocycles. The van der Waals surface area contributed by atoms with Gasteiger partial charge in [0.05, 0.1) is 0 Å². The van der Waals surface area contributed by atoms with Gasteiger partial charge < -0.3 is 14.2 Å². The number of carbonyl (C=O) groups excluding carboxylic acids is 3. The first kappa shape index (κ1) is 64.3. The fourth-order valence-corrected chi connectivity index (χ4v) is 7.62. The van der Waals surface area contributed by atoms with Crippen molar-refractivity contribution < 1.29 is 28.6 Å². The number of hydrogen-bond acceptors (Lipinski definition) is 6. The van der Waals surface area contributed by atoms with E-state index in [2.05, 4.69) is 118 Å². The quantitative estimate of drug-likeness (QED) is 0.0262. The zero-order valence-electron chi connectivity index (χ0n) is 44.3. The molecule has 0 saturated heterocycles. The lowest BCUT2D eigenvalue weighted by atomic mass is 10.1. The van der Waals surface area contributed by atoms with E-state index in [0.29, 0.717) is 19.3 Å². The number of rotatable bonds is 50. The van der Waals surface area contributed by atoms with Gasteiger partial charge in [-0.25, -0.2) is 0 Å². The van der Waals surface area contributed by atoms with Gasteiger partial charge in [0.2, 0.25) is 0 Å². The Balaban J connectivity index is 4.41. The Kier molecular flexibility index (Phi) is 52.9. The van der Waals surface area contributed by atoms with Gasteiger partial charge in [-0.1, -0.05) is 221 Å². The van der Waals surface area contributed by atoms with E-state index in [0.717, 1.165) is 128 Å². The summed E-state index contributed by atoms with van der Waals surface area (Å²) in [6.07, 6.45) is 74.0. The van der Waals surface area contributed by atoms with Crippen LogP contribution in [0.3, 0.4) is 0 Å². The molecule has 0 aliphatic heterocycles. The Morgan fingerprint density at radius 2 is 0.574 bits per heavy atom. The number of esters is 3. The molecule has 0 heterocycles. The summed E-state index contributed by atoms with van der Waals surface area (Å²) in [6.45, 7) is 6.38. The van der Waals surface area contributed by atoms with Crippen LogP contribution in [0.4, 0.5) is 0 Å². The van der Waals surface area contributed by atoms with Crippen LogP contribution >= 0.6 is 0 Å². The maximum absolute atomic E-state index is 12.8. The molecule has 0 saturated carbocycles. The summed E-state index contributed by atoms with van der Waals surface area (Å²) in [5.74, 6) is -0.939. The average Bonchev–Trinajstić information content (AvgIpc) is 3.34. The van der Waals surface area contributed by atoms with E-state index in [-0.39, 0.29) is 31.1 Å². The number of allylic oxidation sites excluding steroid dienone is 16. The van der Waals surface area contributed by atoms with Crippen molar-refractivity contribution in [1.29, 1.82) is 0 Å². The second-order valence-electron chi connectivity index (χ2n) is 18.4. The SMILES string of the molecule is CC/C=C\C/C=C\C/C=C\C/C=C\CCCCCCCCCCC(=O)OCC(COC(=O)CCCCC/C=C\C/C=C\C/C=C\CC)OC(=O)CCCCCCC/C=C\CCCCCCCCC. The van der Waals surface area contributed by atoms with Crippen LogP contribution in [0.15, 0.2) is 97.2 Å². The molecule has 0 radical (unpaired) electrons. The summed E-state index contributed by atoms with van der Waals surface area (Å²) in [6, 6.07) is 0. The fourth-order valence-electron chi connectivity index (χ4n) is 7.62. The van der Waals surface area contributed by atoms with Gasteiger partial charge in [-0.05, 0) is 116 Å². The summed E-state index contributed by atoms with van der Waals surface area (Å²) in [5.41, 5.74) is 0. The highest BCUT2D eigenvalue weighted by Gasteiger charge is 2.19. The molecule has 0 fully saturated rings. The number of ether oxygens (including phenoxy) is 3. The Morgan fingerprint density at radius 3 is 0.926 bits per heavy atom. The monoisotopic (exact) mass is 945 g/mol. The Hall–Kier alpha value is -3.67. The lowest BCUT2D eigenvalue weighted by Gasteiger charge is -2.18. The van der Waals surface area contributed by atoms with E-state index < -0.39 is 6.10 Å². The van der Waals surface area contributed by atoms with Gasteiger partial charge in [0.25, 0.3) is 0 Å².